The maximum atomic E-state index is 5.35. The van der Waals surface area contributed by atoms with Crippen molar-refractivity contribution in [3.8, 4) is 5.69 Å². The highest BCUT2D eigenvalue weighted by molar-refractivity contribution is 8.03. The molecular weight excluding hydrogens is 587 g/mol. The summed E-state index contributed by atoms with van der Waals surface area (Å²) in [4.78, 5) is 8.28. The second-order valence-electron chi connectivity index (χ2n) is 12.3. The minimum Gasteiger partial charge on any atom is -0.366 e. The monoisotopic (exact) mass is 615 g/mol. The van der Waals surface area contributed by atoms with Gasteiger partial charge in [-0.3, -0.25) is 4.99 Å². The molecule has 1 N–H and O–H groups in total. The van der Waals surface area contributed by atoms with E-state index in [1.807, 2.05) is 23.1 Å². The highest BCUT2D eigenvalue weighted by atomic mass is 32.2. The van der Waals surface area contributed by atoms with Gasteiger partial charge in [0.2, 0.25) is 0 Å². The molecule has 4 heterocycles. The minimum atomic E-state index is -0.130. The zero-order valence-electron chi connectivity index (χ0n) is 24.5. The van der Waals surface area contributed by atoms with Crippen molar-refractivity contribution in [3.63, 3.8) is 0 Å². The highest BCUT2D eigenvalue weighted by Crippen LogP contribution is 2.55. The molecule has 0 saturated heterocycles. The molecule has 7 aromatic rings. The van der Waals surface area contributed by atoms with Crippen LogP contribution >= 0.6 is 23.1 Å². The third-order valence-electron chi connectivity index (χ3n) is 9.74. The summed E-state index contributed by atoms with van der Waals surface area (Å²) in [6, 6.07) is 40.2. The van der Waals surface area contributed by atoms with Gasteiger partial charge in [0.05, 0.1) is 16.7 Å². The zero-order valence-corrected chi connectivity index (χ0v) is 26.2. The number of para-hydroxylation sites is 1. The van der Waals surface area contributed by atoms with E-state index >= 15 is 0 Å². The topological polar surface area (TPSA) is 29.3 Å². The molecule has 0 radical (unpaired) electrons. The predicted molar refractivity (Wildman–Crippen MR) is 192 cm³/mol. The fraction of sp³-hybridized carbons (Fsp3) is 0.125. The van der Waals surface area contributed by atoms with Crippen molar-refractivity contribution in [1.29, 1.82) is 0 Å². The lowest BCUT2D eigenvalue weighted by Gasteiger charge is -2.26. The average molecular weight is 616 g/mol. The van der Waals surface area contributed by atoms with Crippen LogP contribution in [0.5, 0.6) is 0 Å². The number of thiophene rings is 1. The Morgan fingerprint density at radius 3 is 2.58 bits per heavy atom. The molecular formula is C40H29N3S2. The van der Waals surface area contributed by atoms with Crippen LogP contribution < -0.4 is 5.32 Å². The number of aromatic nitrogens is 1. The van der Waals surface area contributed by atoms with E-state index in [9.17, 15) is 0 Å². The van der Waals surface area contributed by atoms with Gasteiger partial charge < -0.3 is 9.88 Å². The minimum absolute atomic E-state index is 0.130. The van der Waals surface area contributed by atoms with E-state index in [1.165, 1.54) is 81.3 Å². The van der Waals surface area contributed by atoms with Crippen LogP contribution in [-0.4, -0.2) is 10.3 Å². The van der Waals surface area contributed by atoms with Crippen LogP contribution in [0.3, 0.4) is 0 Å². The Kier molecular flexibility index (Phi) is 5.69. The lowest BCUT2D eigenvalue weighted by atomic mass is 9.84. The van der Waals surface area contributed by atoms with E-state index in [4.69, 9.17) is 4.99 Å². The van der Waals surface area contributed by atoms with E-state index < -0.39 is 0 Å². The molecule has 3 nitrogen and oxygen atoms in total. The Hall–Kier alpha value is -4.58. The summed E-state index contributed by atoms with van der Waals surface area (Å²) < 4.78 is 5.09. The first-order valence-electron chi connectivity index (χ1n) is 15.8. The number of aliphatic imine (C=N–C) groups is 1. The van der Waals surface area contributed by atoms with Gasteiger partial charge in [0, 0.05) is 58.6 Å². The Morgan fingerprint density at radius 2 is 1.60 bits per heavy atom. The van der Waals surface area contributed by atoms with Gasteiger partial charge in [-0.25, -0.2) is 0 Å². The molecule has 5 heteroatoms. The summed E-state index contributed by atoms with van der Waals surface area (Å²) in [5, 5.41) is 8.81. The van der Waals surface area contributed by atoms with Crippen molar-refractivity contribution < 1.29 is 0 Å². The fourth-order valence-corrected chi connectivity index (χ4v) is 10.2. The maximum Gasteiger partial charge on any atom is 0.145 e. The van der Waals surface area contributed by atoms with Gasteiger partial charge in [0.25, 0.3) is 0 Å². The average Bonchev–Trinajstić information content (AvgIpc) is 3.76. The standard InChI is InChI=1S/C40H29N3S2/c1-4-16-34-26(11-1)31-22-32-28-13-3-5-17-36(28)44-38(32)23-35(31)43(34)25-10-7-9-24(21-25)40-41-20-19-33(42-40)30-15-8-14-29-27-12-2-6-18-37(27)45-39(29)30/h1-7,9-13,16-23,29,40-41H,8,14-15H2. The third kappa shape index (κ3) is 3.94. The molecule has 0 amide bonds. The molecule has 0 saturated carbocycles. The summed E-state index contributed by atoms with van der Waals surface area (Å²) in [6.45, 7) is 0. The number of thioether (sulfide) groups is 1. The van der Waals surface area contributed by atoms with Crippen LogP contribution in [0.1, 0.15) is 42.5 Å². The first kappa shape index (κ1) is 25.7. The maximum absolute atomic E-state index is 5.35. The highest BCUT2D eigenvalue weighted by Gasteiger charge is 2.34. The van der Waals surface area contributed by atoms with Gasteiger partial charge in [0.15, 0.2) is 0 Å². The van der Waals surface area contributed by atoms with E-state index in [1.54, 1.807) is 0 Å². The lowest BCUT2D eigenvalue weighted by molar-refractivity contribution is 0.627. The van der Waals surface area contributed by atoms with Crippen molar-refractivity contribution >= 4 is 70.8 Å². The SMILES string of the molecule is C1=CC(C2=C3Sc4ccccc4C3CCC2)=NC(c2cccc(-n3c4ccccc4c4cc5c(cc43)sc3ccccc35)c2)N1. The number of benzene rings is 5. The molecule has 2 aliphatic heterocycles. The second kappa shape index (κ2) is 9.96. The predicted octanol–water partition coefficient (Wildman–Crippen LogP) is 11.0. The summed E-state index contributed by atoms with van der Waals surface area (Å²) in [5.41, 5.74) is 8.86. The van der Waals surface area contributed by atoms with E-state index in [2.05, 4.69) is 131 Å². The summed E-state index contributed by atoms with van der Waals surface area (Å²) in [6.07, 6.45) is 7.68. The quantitative estimate of drug-likeness (QED) is 0.214. The lowest BCUT2D eigenvalue weighted by Crippen LogP contribution is -2.22. The molecule has 1 aliphatic carbocycles. The molecule has 2 atom stereocenters. The van der Waals surface area contributed by atoms with Crippen LogP contribution in [-0.2, 0) is 0 Å². The van der Waals surface area contributed by atoms with Crippen molar-refractivity contribution in [3.05, 3.63) is 143 Å². The van der Waals surface area contributed by atoms with Crippen LogP contribution in [0, 0.1) is 0 Å². The summed E-state index contributed by atoms with van der Waals surface area (Å²) in [7, 11) is 0. The molecule has 216 valence electrons. The van der Waals surface area contributed by atoms with Gasteiger partial charge in [0.1, 0.15) is 6.17 Å². The Morgan fingerprint density at radius 1 is 0.733 bits per heavy atom. The number of hydrogen-bond acceptors (Lipinski definition) is 4. The van der Waals surface area contributed by atoms with Crippen LogP contribution in [0.25, 0.3) is 47.7 Å². The van der Waals surface area contributed by atoms with Crippen molar-refractivity contribution in [2.24, 2.45) is 4.99 Å². The molecule has 2 aromatic heterocycles. The van der Waals surface area contributed by atoms with Gasteiger partial charge in [-0.15, -0.1) is 11.3 Å². The Bertz CT molecular complexity index is 2440. The van der Waals surface area contributed by atoms with E-state index in [0.717, 1.165) is 17.8 Å². The molecule has 3 aliphatic rings. The molecule has 45 heavy (non-hydrogen) atoms. The molecule has 5 aromatic carbocycles. The van der Waals surface area contributed by atoms with Crippen molar-refractivity contribution in [1.82, 2.24) is 9.88 Å². The number of rotatable bonds is 3. The first-order valence-corrected chi connectivity index (χ1v) is 17.4. The van der Waals surface area contributed by atoms with Gasteiger partial charge >= 0.3 is 0 Å². The largest absolute Gasteiger partial charge is 0.366 e. The summed E-state index contributed by atoms with van der Waals surface area (Å²) in [5.74, 6) is 0.519. The Balaban J connectivity index is 1.09. The van der Waals surface area contributed by atoms with Gasteiger partial charge in [-0.2, -0.15) is 0 Å². The van der Waals surface area contributed by atoms with Crippen LogP contribution in [0.15, 0.2) is 142 Å². The molecule has 10 rings (SSSR count). The Labute approximate surface area is 269 Å². The normalized spacial score (nSPS) is 19.3. The van der Waals surface area contributed by atoms with Crippen LogP contribution in [0.4, 0.5) is 0 Å². The smallest absolute Gasteiger partial charge is 0.145 e. The number of hydrogen-bond donors (Lipinski definition) is 1. The first-order chi connectivity index (χ1) is 22.3. The fourth-order valence-electron chi connectivity index (χ4n) is 7.70. The van der Waals surface area contributed by atoms with Crippen molar-refractivity contribution in [2.75, 3.05) is 0 Å². The number of nitrogens with zero attached hydrogens (tertiary/aromatic N) is 2. The van der Waals surface area contributed by atoms with E-state index in [-0.39, 0.29) is 6.17 Å². The summed E-state index contributed by atoms with van der Waals surface area (Å²) >= 11 is 3.84. The molecule has 0 bridgehead atoms. The van der Waals surface area contributed by atoms with Crippen LogP contribution in [0.2, 0.25) is 0 Å². The van der Waals surface area contributed by atoms with Crippen molar-refractivity contribution in [2.45, 2.75) is 36.2 Å². The third-order valence-corrected chi connectivity index (χ3v) is 12.2. The number of nitrogens with one attached hydrogen (secondary N) is 1. The molecule has 0 spiro atoms. The van der Waals surface area contributed by atoms with Gasteiger partial charge in [-0.05, 0) is 84.5 Å². The van der Waals surface area contributed by atoms with E-state index in [0.29, 0.717) is 5.92 Å². The zero-order chi connectivity index (χ0) is 29.5. The molecule has 2 unspecified atom stereocenters. The van der Waals surface area contributed by atoms with Gasteiger partial charge in [-0.1, -0.05) is 78.5 Å². The molecule has 0 fully saturated rings. The second-order valence-corrected chi connectivity index (χ2v) is 14.4. The number of allylic oxidation sites excluding steroid dienone is 3. The number of fused-ring (bicyclic) bond motifs is 9.